The van der Waals surface area contributed by atoms with Crippen molar-refractivity contribution in [1.29, 1.82) is 0 Å². The summed E-state index contributed by atoms with van der Waals surface area (Å²) in [7, 11) is 16.2. The van der Waals surface area contributed by atoms with Crippen LogP contribution in [-0.2, 0) is 0 Å². The Morgan fingerprint density at radius 1 is 0.448 bits per heavy atom. The van der Waals surface area contributed by atoms with Crippen molar-refractivity contribution < 1.29 is 0 Å². The minimum absolute atomic E-state index is 0.434. The molecule has 0 atom stereocenters. The summed E-state index contributed by atoms with van der Waals surface area (Å²) in [5.41, 5.74) is 14.3. The standard InChI is InChI=1S/C55H58N12/c1-36(2)37-14-16-41(17-15-37)65(42-24-18-38(19-25-42)62(5)6)45-30-32-47(49(34-45)56-3)53-58-51-12-11-13-52-59-54(61-55(60-53)67(51)52)48-33-31-46(35-50(48)57-4)66(43-26-20-39(21-27-43)63(7)8)44-28-22-40(23-29-44)64(9)10/h11-36,56-57H,1-10H3. The van der Waals surface area contributed by atoms with Crippen LogP contribution in [0.4, 0.5) is 62.6 Å². The summed E-state index contributed by atoms with van der Waals surface area (Å²) in [5, 5.41) is 6.92. The SMILES string of the molecule is CNc1cc(N(c2ccc(N(C)C)cc2)c2ccc(N(C)C)cc2)ccc1C1=NC2=CC=CC3=NC(c4ccc(N(c5ccc(C(C)C)cc5)c5ccc(N(C)C)cc5)cc4NC)=NC(=N1)N23. The first kappa shape index (κ1) is 44.1. The van der Waals surface area contributed by atoms with Crippen molar-refractivity contribution in [1.82, 2.24) is 4.90 Å². The summed E-state index contributed by atoms with van der Waals surface area (Å²) in [5.74, 6) is 3.43. The van der Waals surface area contributed by atoms with E-state index >= 15 is 0 Å². The van der Waals surface area contributed by atoms with Crippen molar-refractivity contribution in [2.45, 2.75) is 19.8 Å². The lowest BCUT2D eigenvalue weighted by Gasteiger charge is -2.32. The van der Waals surface area contributed by atoms with Gasteiger partial charge in [-0.3, -0.25) is 0 Å². The predicted octanol–water partition coefficient (Wildman–Crippen LogP) is 11.7. The van der Waals surface area contributed by atoms with E-state index in [1.165, 1.54) is 5.56 Å². The molecule has 2 N–H and O–H groups in total. The molecule has 0 bridgehead atoms. The summed E-state index contributed by atoms with van der Waals surface area (Å²) in [6.07, 6.45) is 5.92. The number of benzene rings is 6. The van der Waals surface area contributed by atoms with E-state index in [2.05, 4.69) is 225 Å². The normalized spacial score (nSPS) is 13.7. The van der Waals surface area contributed by atoms with Crippen LogP contribution in [0.3, 0.4) is 0 Å². The molecule has 0 aliphatic carbocycles. The number of nitrogens with zero attached hydrogens (tertiary/aromatic N) is 10. The third-order valence-corrected chi connectivity index (χ3v) is 12.2. The molecule has 12 heteroatoms. The highest BCUT2D eigenvalue weighted by Gasteiger charge is 2.32. The number of guanidine groups is 1. The molecule has 0 unspecified atom stereocenters. The number of nitrogens with one attached hydrogen (secondary N) is 2. The molecule has 6 aromatic carbocycles. The molecular weight excluding hydrogens is 829 g/mol. The fourth-order valence-corrected chi connectivity index (χ4v) is 8.44. The summed E-state index contributed by atoms with van der Waals surface area (Å²) < 4.78 is 0. The summed E-state index contributed by atoms with van der Waals surface area (Å²) >= 11 is 0. The number of allylic oxidation sites excluding steroid dienone is 2. The highest BCUT2D eigenvalue weighted by Crippen LogP contribution is 2.41. The minimum Gasteiger partial charge on any atom is -0.387 e. The molecule has 0 saturated carbocycles. The van der Waals surface area contributed by atoms with Gasteiger partial charge < -0.3 is 35.1 Å². The molecule has 67 heavy (non-hydrogen) atoms. The van der Waals surface area contributed by atoms with E-state index in [9.17, 15) is 0 Å². The summed E-state index contributed by atoms with van der Waals surface area (Å²) in [6, 6.07) is 47.5. The molecule has 0 amide bonds. The Labute approximate surface area is 394 Å². The average Bonchev–Trinajstić information content (AvgIpc) is 3.34. The molecule has 3 aliphatic heterocycles. The fraction of sp³-hybridized carbons (Fsp3) is 0.200. The predicted molar refractivity (Wildman–Crippen MR) is 285 cm³/mol. The molecule has 6 aromatic rings. The Morgan fingerprint density at radius 2 is 0.836 bits per heavy atom. The van der Waals surface area contributed by atoms with Gasteiger partial charge >= 0.3 is 0 Å². The minimum atomic E-state index is 0.434. The van der Waals surface area contributed by atoms with Gasteiger partial charge in [-0.15, -0.1) is 0 Å². The maximum atomic E-state index is 5.16. The fourth-order valence-electron chi connectivity index (χ4n) is 8.44. The highest BCUT2D eigenvalue weighted by molar-refractivity contribution is 6.26. The van der Waals surface area contributed by atoms with Crippen LogP contribution >= 0.6 is 0 Å². The number of rotatable bonds is 14. The third-order valence-electron chi connectivity index (χ3n) is 12.2. The first-order valence-corrected chi connectivity index (χ1v) is 22.6. The highest BCUT2D eigenvalue weighted by atomic mass is 15.4. The van der Waals surface area contributed by atoms with Crippen molar-refractivity contribution in [3.63, 3.8) is 0 Å². The van der Waals surface area contributed by atoms with Crippen LogP contribution in [-0.4, -0.2) is 84.7 Å². The molecule has 3 heterocycles. The van der Waals surface area contributed by atoms with Gasteiger partial charge in [0.15, 0.2) is 11.7 Å². The lowest BCUT2D eigenvalue weighted by molar-refractivity contribution is 0.711. The van der Waals surface area contributed by atoms with Crippen LogP contribution in [0, 0.1) is 0 Å². The van der Waals surface area contributed by atoms with Crippen LogP contribution in [0.25, 0.3) is 0 Å². The third kappa shape index (κ3) is 8.73. The van der Waals surface area contributed by atoms with E-state index < -0.39 is 0 Å². The van der Waals surface area contributed by atoms with Gasteiger partial charge in [0.1, 0.15) is 11.7 Å². The number of anilines is 11. The maximum Gasteiger partial charge on any atom is 0.241 e. The molecule has 0 fully saturated rings. The Kier molecular flexibility index (Phi) is 12.1. The van der Waals surface area contributed by atoms with Crippen molar-refractivity contribution in [3.05, 3.63) is 174 Å². The van der Waals surface area contributed by atoms with Gasteiger partial charge in [0.25, 0.3) is 0 Å². The molecule has 3 aliphatic rings. The largest absolute Gasteiger partial charge is 0.387 e. The number of aliphatic imine (C=N–C) groups is 4. The molecule has 12 nitrogen and oxygen atoms in total. The second kappa shape index (κ2) is 18.4. The molecular formula is C55H58N12. The molecule has 0 radical (unpaired) electrons. The van der Waals surface area contributed by atoms with E-state index in [1.807, 2.05) is 37.2 Å². The molecule has 9 rings (SSSR count). The van der Waals surface area contributed by atoms with Crippen LogP contribution in [0.15, 0.2) is 177 Å². The zero-order valence-corrected chi connectivity index (χ0v) is 40.0. The lowest BCUT2D eigenvalue weighted by Crippen LogP contribution is -2.41. The first-order chi connectivity index (χ1) is 32.4. The van der Waals surface area contributed by atoms with Gasteiger partial charge in [0.05, 0.1) is 0 Å². The van der Waals surface area contributed by atoms with E-state index in [0.29, 0.717) is 35.2 Å². The molecule has 0 aromatic heterocycles. The van der Waals surface area contributed by atoms with Gasteiger partial charge in [-0.05, 0) is 145 Å². The average molecular weight is 887 g/mol. The van der Waals surface area contributed by atoms with Gasteiger partial charge in [-0.25, -0.2) is 14.9 Å². The van der Waals surface area contributed by atoms with Crippen LogP contribution in [0.5, 0.6) is 0 Å². The second-order valence-electron chi connectivity index (χ2n) is 17.6. The van der Waals surface area contributed by atoms with Crippen LogP contribution in [0.2, 0.25) is 0 Å². The van der Waals surface area contributed by atoms with E-state index in [-0.39, 0.29) is 0 Å². The zero-order chi connectivity index (χ0) is 46.9. The zero-order valence-electron chi connectivity index (χ0n) is 40.0. The second-order valence-corrected chi connectivity index (χ2v) is 17.6. The lowest BCUT2D eigenvalue weighted by atomic mass is 10.0. The van der Waals surface area contributed by atoms with Gasteiger partial charge in [0.2, 0.25) is 5.96 Å². The Morgan fingerprint density at radius 3 is 1.24 bits per heavy atom. The quantitative estimate of drug-likeness (QED) is 0.112. The summed E-state index contributed by atoms with van der Waals surface area (Å²) in [6.45, 7) is 4.44. The van der Waals surface area contributed by atoms with Crippen molar-refractivity contribution >= 4 is 86.0 Å². The number of amidine groups is 3. The van der Waals surface area contributed by atoms with Crippen molar-refractivity contribution in [2.75, 3.05) is 91.5 Å². The van der Waals surface area contributed by atoms with Crippen LogP contribution in [0.1, 0.15) is 36.5 Å². The van der Waals surface area contributed by atoms with Gasteiger partial charge in [-0.2, -0.15) is 9.98 Å². The topological polar surface area (TPSA) is 92.9 Å². The van der Waals surface area contributed by atoms with Gasteiger partial charge in [-0.1, -0.05) is 32.1 Å². The number of hydrogen-bond donors (Lipinski definition) is 2. The smallest absolute Gasteiger partial charge is 0.241 e. The first-order valence-electron chi connectivity index (χ1n) is 22.6. The van der Waals surface area contributed by atoms with Crippen molar-refractivity contribution in [3.8, 4) is 0 Å². The Balaban J connectivity index is 1.08. The van der Waals surface area contributed by atoms with E-state index in [0.717, 1.165) is 73.7 Å². The maximum absolute atomic E-state index is 5.16. The van der Waals surface area contributed by atoms with E-state index in [4.69, 9.17) is 20.0 Å². The Bertz CT molecular complexity index is 2710. The van der Waals surface area contributed by atoms with Gasteiger partial charge in [0, 0.05) is 130 Å². The Hall–Kier alpha value is -8.12. The molecule has 0 spiro atoms. The van der Waals surface area contributed by atoms with Crippen LogP contribution < -0.4 is 35.1 Å². The van der Waals surface area contributed by atoms with E-state index in [1.54, 1.807) is 0 Å². The van der Waals surface area contributed by atoms with Crippen molar-refractivity contribution in [2.24, 2.45) is 20.0 Å². The monoisotopic (exact) mass is 886 g/mol. The molecule has 338 valence electrons. The number of hydrogen-bond acceptors (Lipinski definition) is 12. The summed E-state index contributed by atoms with van der Waals surface area (Å²) in [4.78, 5) is 33.3. The molecule has 0 saturated heterocycles.